The van der Waals surface area contributed by atoms with Gasteiger partial charge in [-0.1, -0.05) is 44.4 Å². The Hall–Kier alpha value is -1.04. The molecule has 0 atom stereocenters. The van der Waals surface area contributed by atoms with Crippen molar-refractivity contribution in [2.75, 3.05) is 0 Å². The average Bonchev–Trinajstić information content (AvgIpc) is 2.34. The fourth-order valence-corrected chi connectivity index (χ4v) is 2.45. The molecular weight excluding hydrogens is 216 g/mol. The van der Waals surface area contributed by atoms with Gasteiger partial charge in [0, 0.05) is 0 Å². The predicted octanol–water partition coefficient (Wildman–Crippen LogP) is 5.90. The van der Waals surface area contributed by atoms with E-state index in [0.717, 1.165) is 0 Å². The molecule has 0 spiro atoms. The van der Waals surface area contributed by atoms with Crippen LogP contribution in [-0.2, 0) is 0 Å². The minimum absolute atomic E-state index is 1.21. The zero-order valence-electron chi connectivity index (χ0n) is 12.8. The molecule has 0 heterocycles. The van der Waals surface area contributed by atoms with E-state index in [0.29, 0.717) is 0 Å². The van der Waals surface area contributed by atoms with Gasteiger partial charge in [-0.15, -0.1) is 0 Å². The maximum Gasteiger partial charge on any atom is -0.0198 e. The zero-order valence-corrected chi connectivity index (χ0v) is 12.8. The van der Waals surface area contributed by atoms with Gasteiger partial charge in [-0.3, -0.25) is 0 Å². The summed E-state index contributed by atoms with van der Waals surface area (Å²) >= 11 is 0. The number of rotatable bonds is 6. The summed E-state index contributed by atoms with van der Waals surface area (Å²) in [7, 11) is 0. The van der Waals surface area contributed by atoms with Gasteiger partial charge in [0.2, 0.25) is 0 Å². The molecule has 0 N–H and O–H groups in total. The van der Waals surface area contributed by atoms with E-state index in [9.17, 15) is 0 Å². The first-order valence-corrected chi connectivity index (χ1v) is 7.31. The van der Waals surface area contributed by atoms with Crippen molar-refractivity contribution in [2.45, 2.75) is 66.7 Å². The predicted molar refractivity (Wildman–Crippen MR) is 83.2 cm³/mol. The highest BCUT2D eigenvalue weighted by atomic mass is 14.1. The van der Waals surface area contributed by atoms with Gasteiger partial charge in [0.05, 0.1) is 0 Å². The van der Waals surface area contributed by atoms with Gasteiger partial charge in [0.1, 0.15) is 0 Å². The van der Waals surface area contributed by atoms with Crippen LogP contribution in [0.15, 0.2) is 12.1 Å². The van der Waals surface area contributed by atoms with Gasteiger partial charge >= 0.3 is 0 Å². The van der Waals surface area contributed by atoms with Crippen LogP contribution >= 0.6 is 0 Å². The molecule has 0 aliphatic rings. The third-order valence-electron chi connectivity index (χ3n) is 3.92. The fraction of sp³-hybridized carbons (Fsp3) is 0.556. The summed E-state index contributed by atoms with van der Waals surface area (Å²) in [4.78, 5) is 0. The van der Waals surface area contributed by atoms with Crippen LogP contribution in [0, 0.1) is 27.7 Å². The van der Waals surface area contributed by atoms with Gasteiger partial charge < -0.3 is 0 Å². The highest BCUT2D eigenvalue weighted by Gasteiger charge is 2.04. The molecule has 0 aliphatic carbocycles. The van der Waals surface area contributed by atoms with Crippen LogP contribution in [0.2, 0.25) is 0 Å². The van der Waals surface area contributed by atoms with Crippen molar-refractivity contribution in [1.29, 1.82) is 0 Å². The monoisotopic (exact) mass is 244 g/mol. The Morgan fingerprint density at radius 3 is 2.28 bits per heavy atom. The molecule has 0 nitrogen and oxygen atoms in total. The summed E-state index contributed by atoms with van der Waals surface area (Å²) in [6.45, 7) is 11.1. The lowest BCUT2D eigenvalue weighted by Gasteiger charge is -2.12. The van der Waals surface area contributed by atoms with Crippen LogP contribution in [-0.4, -0.2) is 0 Å². The minimum atomic E-state index is 1.21. The van der Waals surface area contributed by atoms with Gasteiger partial charge in [-0.25, -0.2) is 0 Å². The minimum Gasteiger partial charge on any atom is -0.0839 e. The van der Waals surface area contributed by atoms with Crippen molar-refractivity contribution in [3.05, 3.63) is 40.0 Å². The molecule has 0 saturated heterocycles. The summed E-state index contributed by atoms with van der Waals surface area (Å²) < 4.78 is 0. The van der Waals surface area contributed by atoms with E-state index in [1.807, 2.05) is 0 Å². The second kappa shape index (κ2) is 7.41. The van der Waals surface area contributed by atoms with Gasteiger partial charge in [0.25, 0.3) is 0 Å². The normalized spacial score (nSPS) is 11.4. The number of hydrogen-bond acceptors (Lipinski definition) is 0. The number of benzene rings is 1. The Bertz CT molecular complexity index is 411. The number of unbranched alkanes of at least 4 members (excludes halogenated alkanes) is 4. The fourth-order valence-electron chi connectivity index (χ4n) is 2.45. The standard InChI is InChI=1S/C18H28/c1-6-7-8-9-10-11-12-18-15(3)13-14(2)16(4)17(18)5/h11-13H,6-10H2,1-5H3. The number of aryl methyl sites for hydroxylation is 2. The van der Waals surface area contributed by atoms with Gasteiger partial charge in [-0.05, 0) is 68.4 Å². The first-order chi connectivity index (χ1) is 8.57. The molecule has 1 rings (SSSR count). The molecular formula is C18H28. The van der Waals surface area contributed by atoms with Crippen LogP contribution in [0.3, 0.4) is 0 Å². The van der Waals surface area contributed by atoms with E-state index in [-0.39, 0.29) is 0 Å². The third kappa shape index (κ3) is 4.01. The Balaban J connectivity index is 2.67. The molecule has 0 fully saturated rings. The molecule has 18 heavy (non-hydrogen) atoms. The van der Waals surface area contributed by atoms with Crippen molar-refractivity contribution in [3.8, 4) is 0 Å². The van der Waals surface area contributed by atoms with Crippen LogP contribution in [0.25, 0.3) is 6.08 Å². The topological polar surface area (TPSA) is 0 Å². The molecule has 0 amide bonds. The summed E-state index contributed by atoms with van der Waals surface area (Å²) in [6.07, 6.45) is 11.3. The third-order valence-corrected chi connectivity index (χ3v) is 3.92. The SMILES string of the molecule is CCCCCCC=Cc1c(C)cc(C)c(C)c1C. The van der Waals surface area contributed by atoms with Crippen LogP contribution in [0.5, 0.6) is 0 Å². The van der Waals surface area contributed by atoms with E-state index in [1.165, 1.54) is 59.9 Å². The van der Waals surface area contributed by atoms with Gasteiger partial charge in [-0.2, -0.15) is 0 Å². The summed E-state index contributed by atoms with van der Waals surface area (Å²) in [5.74, 6) is 0. The summed E-state index contributed by atoms with van der Waals surface area (Å²) in [5, 5.41) is 0. The molecule has 0 saturated carbocycles. The maximum absolute atomic E-state index is 2.35. The van der Waals surface area contributed by atoms with E-state index in [4.69, 9.17) is 0 Å². The average molecular weight is 244 g/mol. The molecule has 0 bridgehead atoms. The molecule has 0 aliphatic heterocycles. The lowest BCUT2D eigenvalue weighted by atomic mass is 9.94. The first-order valence-electron chi connectivity index (χ1n) is 7.31. The van der Waals surface area contributed by atoms with E-state index in [2.05, 4.69) is 52.8 Å². The van der Waals surface area contributed by atoms with Crippen molar-refractivity contribution in [1.82, 2.24) is 0 Å². The summed E-state index contributed by atoms with van der Waals surface area (Å²) in [5.41, 5.74) is 7.11. The van der Waals surface area contributed by atoms with Crippen LogP contribution in [0.4, 0.5) is 0 Å². The molecule has 0 radical (unpaired) electrons. The lowest BCUT2D eigenvalue weighted by Crippen LogP contribution is -1.94. The van der Waals surface area contributed by atoms with Crippen molar-refractivity contribution in [3.63, 3.8) is 0 Å². The van der Waals surface area contributed by atoms with E-state index >= 15 is 0 Å². The Labute approximate surface area is 113 Å². The van der Waals surface area contributed by atoms with E-state index < -0.39 is 0 Å². The van der Waals surface area contributed by atoms with Crippen molar-refractivity contribution >= 4 is 6.08 Å². The van der Waals surface area contributed by atoms with Crippen molar-refractivity contribution < 1.29 is 0 Å². The lowest BCUT2D eigenvalue weighted by molar-refractivity contribution is 0.675. The second-order valence-corrected chi connectivity index (χ2v) is 5.43. The largest absolute Gasteiger partial charge is 0.0839 e. The number of hydrogen-bond donors (Lipinski definition) is 0. The maximum atomic E-state index is 2.35. The zero-order chi connectivity index (χ0) is 13.5. The van der Waals surface area contributed by atoms with E-state index in [1.54, 1.807) is 0 Å². The van der Waals surface area contributed by atoms with Crippen LogP contribution < -0.4 is 0 Å². The second-order valence-electron chi connectivity index (χ2n) is 5.43. The molecule has 0 heteroatoms. The number of allylic oxidation sites excluding steroid dienone is 1. The molecule has 0 aromatic heterocycles. The Kier molecular flexibility index (Phi) is 6.18. The van der Waals surface area contributed by atoms with Gasteiger partial charge in [0.15, 0.2) is 0 Å². The van der Waals surface area contributed by atoms with Crippen LogP contribution in [0.1, 0.15) is 66.8 Å². The highest BCUT2D eigenvalue weighted by molar-refractivity contribution is 5.60. The van der Waals surface area contributed by atoms with Crippen molar-refractivity contribution in [2.24, 2.45) is 0 Å². The first kappa shape index (κ1) is 15.0. The quantitative estimate of drug-likeness (QED) is 0.546. The molecule has 100 valence electrons. The molecule has 0 unspecified atom stereocenters. The molecule has 1 aromatic rings. The summed E-state index contributed by atoms with van der Waals surface area (Å²) in [6, 6.07) is 2.30. The Morgan fingerprint density at radius 1 is 0.889 bits per heavy atom. The highest BCUT2D eigenvalue weighted by Crippen LogP contribution is 2.23. The molecule has 1 aromatic carbocycles. The Morgan fingerprint density at radius 2 is 1.61 bits per heavy atom. The smallest absolute Gasteiger partial charge is 0.0198 e.